The highest BCUT2D eigenvalue weighted by Crippen LogP contribution is 2.11. The summed E-state index contributed by atoms with van der Waals surface area (Å²) in [4.78, 5) is 39.6. The fourth-order valence-electron chi connectivity index (χ4n) is 1.83. The predicted octanol–water partition coefficient (Wildman–Crippen LogP) is 0.648. The summed E-state index contributed by atoms with van der Waals surface area (Å²) in [6, 6.07) is 0. The first-order valence-corrected chi connectivity index (χ1v) is 6.16. The van der Waals surface area contributed by atoms with Gasteiger partial charge in [0.2, 0.25) is 11.8 Å². The van der Waals surface area contributed by atoms with E-state index in [0.717, 1.165) is 0 Å². The Morgan fingerprint density at radius 3 is 1.50 bits per heavy atom. The minimum Gasteiger partial charge on any atom is -0.307 e. The van der Waals surface area contributed by atoms with E-state index < -0.39 is 0 Å². The van der Waals surface area contributed by atoms with Gasteiger partial charge in [0.15, 0.2) is 6.42 Å². The Labute approximate surface area is 109 Å². The Hall–Kier alpha value is -1.72. The van der Waals surface area contributed by atoms with Gasteiger partial charge in [0, 0.05) is 14.3 Å². The van der Waals surface area contributed by atoms with E-state index in [4.69, 9.17) is 0 Å². The minimum atomic E-state index is -0.155. The van der Waals surface area contributed by atoms with E-state index >= 15 is 0 Å². The molecule has 0 atom stereocenters. The van der Waals surface area contributed by atoms with Crippen LogP contribution in [-0.4, -0.2) is 52.4 Å². The monoisotopic (exact) mass is 256 g/mol. The normalized spacial score (nSPS) is 15.8. The van der Waals surface area contributed by atoms with E-state index in [-0.39, 0.29) is 45.6 Å². The van der Waals surface area contributed by atoms with E-state index in [1.54, 1.807) is 13.8 Å². The fraction of sp³-hybridized carbons (Fsp3) is 0.667. The molecule has 1 aliphatic rings. The quantitative estimate of drug-likeness (QED) is 0.696. The molecule has 0 spiro atoms. The Bertz CT molecular complexity index is 291. The van der Waals surface area contributed by atoms with Crippen molar-refractivity contribution in [3.63, 3.8) is 0 Å². The Morgan fingerprint density at radius 1 is 0.889 bits per heavy atom. The first-order valence-electron chi connectivity index (χ1n) is 6.16. The lowest BCUT2D eigenvalue weighted by Crippen LogP contribution is -2.59. The maximum Gasteiger partial charge on any atom is 0.270 e. The summed E-state index contributed by atoms with van der Waals surface area (Å²) in [5.41, 5.74) is 0. The fourth-order valence-corrected chi connectivity index (χ4v) is 1.83. The zero-order valence-corrected chi connectivity index (χ0v) is 11.0. The van der Waals surface area contributed by atoms with Gasteiger partial charge in [0.1, 0.15) is 0 Å². The summed E-state index contributed by atoms with van der Waals surface area (Å²) in [6.07, 6.45) is 0.851. The number of hydrogen-bond acceptors (Lipinski definition) is 3. The molecule has 0 radical (unpaired) electrons. The van der Waals surface area contributed by atoms with Gasteiger partial charge in [-0.05, 0) is 0 Å². The van der Waals surface area contributed by atoms with Crippen LogP contribution in [0.4, 0.5) is 0 Å². The van der Waals surface area contributed by atoms with Crippen molar-refractivity contribution in [2.75, 3.05) is 20.0 Å². The van der Waals surface area contributed by atoms with Gasteiger partial charge in [-0.1, -0.05) is 13.8 Å². The van der Waals surface area contributed by atoms with Crippen LogP contribution in [0.15, 0.2) is 0 Å². The van der Waals surface area contributed by atoms with Gasteiger partial charge in [-0.2, -0.15) is 0 Å². The molecule has 1 aliphatic heterocycles. The van der Waals surface area contributed by atoms with Gasteiger partial charge < -0.3 is 14.7 Å². The van der Waals surface area contributed by atoms with Crippen LogP contribution in [0, 0.1) is 6.92 Å². The third-order valence-corrected chi connectivity index (χ3v) is 2.90. The van der Waals surface area contributed by atoms with Gasteiger partial charge >= 0.3 is 0 Å². The average molecular weight is 256 g/mol. The van der Waals surface area contributed by atoms with E-state index in [9.17, 15) is 14.4 Å². The van der Waals surface area contributed by atoms with Crippen molar-refractivity contribution in [2.24, 2.45) is 0 Å². The number of carbonyl (C=O) groups is 3. The largest absolute Gasteiger partial charge is 0.307 e. The third-order valence-electron chi connectivity index (χ3n) is 2.90. The van der Waals surface area contributed by atoms with Gasteiger partial charge in [-0.25, -0.2) is 0 Å². The highest BCUT2D eigenvalue weighted by atomic mass is 16.2. The third kappa shape index (κ3) is 3.15. The van der Waals surface area contributed by atoms with E-state index in [0.29, 0.717) is 12.8 Å². The van der Waals surface area contributed by atoms with Crippen molar-refractivity contribution in [1.82, 2.24) is 14.7 Å². The van der Waals surface area contributed by atoms with E-state index in [1.165, 1.54) is 14.7 Å². The second kappa shape index (κ2) is 6.28. The Morgan fingerprint density at radius 2 is 1.22 bits per heavy atom. The van der Waals surface area contributed by atoms with Crippen LogP contribution >= 0.6 is 0 Å². The van der Waals surface area contributed by atoms with Crippen LogP contribution < -0.4 is 0 Å². The van der Waals surface area contributed by atoms with Crippen molar-refractivity contribution in [1.29, 1.82) is 0 Å². The maximum atomic E-state index is 11.7. The Balaban J connectivity index is 0.00000324. The molecule has 1 heterocycles. The summed E-state index contributed by atoms with van der Waals surface area (Å²) in [7, 11) is 0. The zero-order valence-electron chi connectivity index (χ0n) is 11.0. The average Bonchev–Trinajstić information content (AvgIpc) is 2.43. The molecule has 0 aromatic carbocycles. The van der Waals surface area contributed by atoms with Crippen LogP contribution in [0.25, 0.3) is 0 Å². The molecule has 1 rings (SSSR count). The topological polar surface area (TPSA) is 60.9 Å². The molecule has 0 aliphatic carbocycles. The van der Waals surface area contributed by atoms with Gasteiger partial charge in [0.05, 0.1) is 26.9 Å². The first kappa shape index (κ1) is 14.3. The molecular formula is C12H22N3O3+. The Kier molecular flexibility index (Phi) is 5.00. The van der Waals surface area contributed by atoms with Crippen molar-refractivity contribution in [3.05, 3.63) is 6.92 Å². The lowest BCUT2D eigenvalue weighted by atomic mass is 10.3. The summed E-state index contributed by atoms with van der Waals surface area (Å²) in [5.74, 6) is -0.284. The lowest BCUT2D eigenvalue weighted by Gasteiger charge is -2.41. The van der Waals surface area contributed by atoms with Gasteiger partial charge in [-0.3, -0.25) is 14.4 Å². The lowest BCUT2D eigenvalue weighted by molar-refractivity contribution is -0.158. The SMILES string of the molecule is [CH2+]CC(=O)N1CN(C(=O)CC)CN(C(=O)CC)C1.[HH]. The van der Waals surface area contributed by atoms with Crippen LogP contribution in [0.5, 0.6) is 0 Å². The molecule has 3 amide bonds. The molecule has 0 aromatic rings. The molecule has 0 aromatic heterocycles. The molecule has 1 saturated heterocycles. The number of rotatable bonds is 3. The smallest absolute Gasteiger partial charge is 0.270 e. The number of amides is 3. The molecule has 0 unspecified atom stereocenters. The summed E-state index contributed by atoms with van der Waals surface area (Å²) >= 11 is 0. The first-order chi connectivity index (χ1) is 8.53. The molecule has 18 heavy (non-hydrogen) atoms. The highest BCUT2D eigenvalue weighted by Gasteiger charge is 2.30. The van der Waals surface area contributed by atoms with Gasteiger partial charge in [-0.15, -0.1) is 0 Å². The van der Waals surface area contributed by atoms with E-state index in [1.807, 2.05) is 0 Å². The van der Waals surface area contributed by atoms with Crippen LogP contribution in [0.3, 0.4) is 0 Å². The number of hydrogen-bond donors (Lipinski definition) is 0. The second-order valence-electron chi connectivity index (χ2n) is 4.18. The maximum absolute atomic E-state index is 11.7. The van der Waals surface area contributed by atoms with Crippen LogP contribution in [0.1, 0.15) is 34.5 Å². The van der Waals surface area contributed by atoms with Crippen molar-refractivity contribution < 1.29 is 15.8 Å². The van der Waals surface area contributed by atoms with Crippen molar-refractivity contribution >= 4 is 17.7 Å². The molecule has 6 nitrogen and oxygen atoms in total. The molecule has 1 fully saturated rings. The zero-order chi connectivity index (χ0) is 13.7. The molecule has 102 valence electrons. The molecule has 0 saturated carbocycles. The molecule has 0 bridgehead atoms. The molecule has 6 heteroatoms. The minimum absolute atomic E-state index is 0. The summed E-state index contributed by atoms with van der Waals surface area (Å²) in [5, 5.41) is 0. The summed E-state index contributed by atoms with van der Waals surface area (Å²) in [6.45, 7) is 7.82. The van der Waals surface area contributed by atoms with Crippen molar-refractivity contribution in [3.8, 4) is 0 Å². The highest BCUT2D eigenvalue weighted by molar-refractivity contribution is 5.81. The standard InChI is InChI=1S/C12H20N3O3.H2/c1-4-10(16)13-7-14(11(17)5-2)9-15(8-13)12(18)6-3;/h1,4-9H2,2-3H3;1H/q+1;. The van der Waals surface area contributed by atoms with Crippen LogP contribution in [-0.2, 0) is 14.4 Å². The second-order valence-corrected chi connectivity index (χ2v) is 4.18. The molecule has 0 N–H and O–H groups in total. The van der Waals surface area contributed by atoms with Crippen LogP contribution in [0.2, 0.25) is 0 Å². The van der Waals surface area contributed by atoms with Crippen molar-refractivity contribution in [2.45, 2.75) is 33.1 Å². The number of carbonyl (C=O) groups excluding carboxylic acids is 3. The summed E-state index contributed by atoms with van der Waals surface area (Å²) < 4.78 is 0. The predicted molar refractivity (Wildman–Crippen MR) is 67.8 cm³/mol. The molecular weight excluding hydrogens is 234 g/mol. The van der Waals surface area contributed by atoms with Gasteiger partial charge in [0.25, 0.3) is 5.91 Å². The number of nitrogens with zero attached hydrogens (tertiary/aromatic N) is 3. The van der Waals surface area contributed by atoms with E-state index in [2.05, 4.69) is 6.92 Å².